The number of carbonyl (C=O) groups is 1. The second-order valence-corrected chi connectivity index (χ2v) is 8.68. The van der Waals surface area contributed by atoms with Crippen molar-refractivity contribution in [2.75, 3.05) is 43.4 Å². The lowest BCUT2D eigenvalue weighted by atomic mass is 10.2. The number of benzene rings is 3. The number of amides is 1. The Labute approximate surface area is 187 Å². The van der Waals surface area contributed by atoms with Gasteiger partial charge in [-0.15, -0.1) is 11.8 Å². The van der Waals surface area contributed by atoms with E-state index >= 15 is 0 Å². The van der Waals surface area contributed by atoms with Gasteiger partial charge in [-0.05, 0) is 55.1 Å². The normalized spacial score (nSPS) is 14.5. The molecule has 0 saturated carbocycles. The molecule has 0 spiro atoms. The van der Waals surface area contributed by atoms with Gasteiger partial charge in [0, 0.05) is 48.2 Å². The van der Waals surface area contributed by atoms with Gasteiger partial charge >= 0.3 is 0 Å². The molecule has 4 nitrogen and oxygen atoms in total. The molecule has 1 heterocycles. The van der Waals surface area contributed by atoms with Gasteiger partial charge in [-0.25, -0.2) is 4.39 Å². The average Bonchev–Trinajstić information content (AvgIpc) is 2.80. The van der Waals surface area contributed by atoms with Gasteiger partial charge in [-0.1, -0.05) is 30.3 Å². The van der Waals surface area contributed by atoms with Crippen molar-refractivity contribution in [2.24, 2.45) is 0 Å². The summed E-state index contributed by atoms with van der Waals surface area (Å²) in [6, 6.07) is 22.2. The number of nitrogens with zero attached hydrogens (tertiary/aromatic N) is 2. The molecule has 31 heavy (non-hydrogen) atoms. The highest BCUT2D eigenvalue weighted by atomic mass is 32.2. The summed E-state index contributed by atoms with van der Waals surface area (Å²) in [5, 5.41) is 2.99. The molecule has 0 atom stereocenters. The molecule has 0 unspecified atom stereocenters. The molecule has 1 aliphatic heterocycles. The number of thioether (sulfide) groups is 1. The van der Waals surface area contributed by atoms with E-state index in [4.69, 9.17) is 0 Å². The van der Waals surface area contributed by atoms with E-state index in [-0.39, 0.29) is 11.7 Å². The molecular formula is C25H26FN3OS. The average molecular weight is 436 g/mol. The van der Waals surface area contributed by atoms with Crippen molar-refractivity contribution in [2.45, 2.75) is 10.6 Å². The summed E-state index contributed by atoms with van der Waals surface area (Å²) in [4.78, 5) is 18.4. The molecule has 1 saturated heterocycles. The van der Waals surface area contributed by atoms with Crippen LogP contribution in [0.25, 0.3) is 0 Å². The van der Waals surface area contributed by atoms with Gasteiger partial charge in [0.15, 0.2) is 0 Å². The fourth-order valence-electron chi connectivity index (χ4n) is 3.57. The van der Waals surface area contributed by atoms with Crippen molar-refractivity contribution >= 4 is 29.0 Å². The first kappa shape index (κ1) is 21.4. The van der Waals surface area contributed by atoms with Gasteiger partial charge in [0.25, 0.3) is 5.91 Å². The fourth-order valence-corrected chi connectivity index (χ4v) is 4.61. The van der Waals surface area contributed by atoms with E-state index < -0.39 is 0 Å². The Morgan fingerprint density at radius 1 is 0.935 bits per heavy atom. The second-order valence-electron chi connectivity index (χ2n) is 7.67. The molecule has 0 aromatic heterocycles. The van der Waals surface area contributed by atoms with E-state index in [1.165, 1.54) is 23.5 Å². The summed E-state index contributed by atoms with van der Waals surface area (Å²) >= 11 is 1.46. The Balaban J connectivity index is 1.41. The Hall–Kier alpha value is -2.83. The maximum absolute atomic E-state index is 13.9. The lowest BCUT2D eigenvalue weighted by Gasteiger charge is -2.34. The number of hydrogen-bond acceptors (Lipinski definition) is 4. The summed E-state index contributed by atoms with van der Waals surface area (Å²) in [7, 11) is 2.14. The molecule has 4 rings (SSSR count). The van der Waals surface area contributed by atoms with Crippen LogP contribution in [0.1, 0.15) is 15.9 Å². The van der Waals surface area contributed by atoms with Gasteiger partial charge in [0.2, 0.25) is 0 Å². The van der Waals surface area contributed by atoms with Crippen molar-refractivity contribution in [1.82, 2.24) is 4.90 Å². The molecule has 1 N–H and O–H groups in total. The third kappa shape index (κ3) is 5.46. The second kappa shape index (κ2) is 9.98. The molecule has 1 aliphatic rings. The lowest BCUT2D eigenvalue weighted by Crippen LogP contribution is -2.44. The summed E-state index contributed by atoms with van der Waals surface area (Å²) in [6.07, 6.45) is 0. The van der Waals surface area contributed by atoms with Crippen LogP contribution in [0.3, 0.4) is 0 Å². The van der Waals surface area contributed by atoms with Crippen molar-refractivity contribution in [3.8, 4) is 0 Å². The Kier molecular flexibility index (Phi) is 6.89. The van der Waals surface area contributed by atoms with E-state index in [1.54, 1.807) is 18.2 Å². The molecule has 1 amide bonds. The minimum Gasteiger partial charge on any atom is -0.369 e. The number of rotatable bonds is 6. The van der Waals surface area contributed by atoms with Crippen LogP contribution in [0, 0.1) is 5.82 Å². The molecule has 0 radical (unpaired) electrons. The van der Waals surface area contributed by atoms with Crippen LogP contribution in [0.4, 0.5) is 15.8 Å². The van der Waals surface area contributed by atoms with Gasteiger partial charge in [-0.3, -0.25) is 4.79 Å². The first-order chi connectivity index (χ1) is 15.1. The van der Waals surface area contributed by atoms with Crippen LogP contribution in [0.5, 0.6) is 0 Å². The monoisotopic (exact) mass is 435 g/mol. The third-order valence-electron chi connectivity index (χ3n) is 5.47. The summed E-state index contributed by atoms with van der Waals surface area (Å²) in [5.41, 5.74) is 3.15. The standard InChI is InChI=1S/C25H26FN3OS/c1-28-14-16-29(17-15-28)21-12-10-20(11-13-21)27-25(30)22-7-3-5-9-24(22)31-18-19-6-2-4-8-23(19)26/h2-13H,14-18H2,1H3,(H,27,30). The minimum atomic E-state index is -0.225. The van der Waals surface area contributed by atoms with Gasteiger partial charge in [0.05, 0.1) is 5.56 Å². The number of nitrogens with one attached hydrogen (secondary N) is 1. The largest absolute Gasteiger partial charge is 0.369 e. The van der Waals surface area contributed by atoms with Gasteiger partial charge in [0.1, 0.15) is 5.82 Å². The summed E-state index contributed by atoms with van der Waals surface area (Å²) < 4.78 is 13.9. The first-order valence-electron chi connectivity index (χ1n) is 10.4. The lowest BCUT2D eigenvalue weighted by molar-refractivity contribution is 0.102. The summed E-state index contributed by atoms with van der Waals surface area (Å²) in [6.45, 7) is 4.13. The zero-order valence-corrected chi connectivity index (χ0v) is 18.4. The maximum atomic E-state index is 13.9. The van der Waals surface area contributed by atoms with E-state index in [9.17, 15) is 9.18 Å². The molecule has 3 aromatic rings. The predicted molar refractivity (Wildman–Crippen MR) is 127 cm³/mol. The van der Waals surface area contributed by atoms with Gasteiger partial charge < -0.3 is 15.1 Å². The van der Waals surface area contributed by atoms with Crippen molar-refractivity contribution in [3.05, 3.63) is 89.7 Å². The maximum Gasteiger partial charge on any atom is 0.256 e. The number of carbonyl (C=O) groups excluding carboxylic acids is 1. The van der Waals surface area contributed by atoms with Crippen molar-refractivity contribution < 1.29 is 9.18 Å². The molecule has 6 heteroatoms. The highest BCUT2D eigenvalue weighted by molar-refractivity contribution is 7.98. The molecular weight excluding hydrogens is 409 g/mol. The predicted octanol–water partition coefficient (Wildman–Crippen LogP) is 5.12. The zero-order chi connectivity index (χ0) is 21.6. The number of halogens is 1. The Morgan fingerprint density at radius 3 is 2.35 bits per heavy atom. The van der Waals surface area contributed by atoms with Crippen LogP contribution in [0.2, 0.25) is 0 Å². The van der Waals surface area contributed by atoms with Crippen LogP contribution < -0.4 is 10.2 Å². The molecule has 160 valence electrons. The SMILES string of the molecule is CN1CCN(c2ccc(NC(=O)c3ccccc3SCc3ccccc3F)cc2)CC1. The smallest absolute Gasteiger partial charge is 0.256 e. The van der Waals surface area contributed by atoms with Gasteiger partial charge in [-0.2, -0.15) is 0 Å². The zero-order valence-electron chi connectivity index (χ0n) is 17.6. The Morgan fingerprint density at radius 2 is 1.61 bits per heavy atom. The van der Waals surface area contributed by atoms with Crippen LogP contribution >= 0.6 is 11.8 Å². The van der Waals surface area contributed by atoms with Crippen LogP contribution in [0.15, 0.2) is 77.7 Å². The third-order valence-corrected chi connectivity index (χ3v) is 6.59. The fraction of sp³-hybridized carbons (Fsp3) is 0.240. The van der Waals surface area contributed by atoms with Crippen LogP contribution in [-0.2, 0) is 5.75 Å². The molecule has 0 aliphatic carbocycles. The van der Waals surface area contributed by atoms with E-state index in [1.807, 2.05) is 36.4 Å². The summed E-state index contributed by atoms with van der Waals surface area (Å²) in [5.74, 6) is 0.0813. The highest BCUT2D eigenvalue weighted by Gasteiger charge is 2.15. The van der Waals surface area contributed by atoms with E-state index in [0.29, 0.717) is 16.9 Å². The topological polar surface area (TPSA) is 35.6 Å². The van der Waals surface area contributed by atoms with E-state index in [0.717, 1.165) is 36.8 Å². The molecule has 0 bridgehead atoms. The number of anilines is 2. The number of likely N-dealkylation sites (N-methyl/N-ethyl adjacent to an activating group) is 1. The van der Waals surface area contributed by atoms with Crippen molar-refractivity contribution in [1.29, 1.82) is 0 Å². The quantitative estimate of drug-likeness (QED) is 0.545. The van der Waals surface area contributed by atoms with Crippen LogP contribution in [-0.4, -0.2) is 44.0 Å². The number of piperazine rings is 1. The van der Waals surface area contributed by atoms with E-state index in [2.05, 4.69) is 34.3 Å². The first-order valence-corrected chi connectivity index (χ1v) is 11.4. The molecule has 3 aromatic carbocycles. The number of hydrogen-bond donors (Lipinski definition) is 1. The Bertz CT molecular complexity index is 1030. The highest BCUT2D eigenvalue weighted by Crippen LogP contribution is 2.28. The minimum absolute atomic E-state index is 0.163. The van der Waals surface area contributed by atoms with Crippen molar-refractivity contribution in [3.63, 3.8) is 0 Å². The molecule has 1 fully saturated rings.